The molecule has 1 aromatic carbocycles. The van der Waals surface area contributed by atoms with Crippen LogP contribution in [-0.2, 0) is 25.7 Å². The minimum absolute atomic E-state index is 0.156. The molecule has 0 saturated heterocycles. The smallest absolute Gasteiger partial charge is 0.329 e. The molecule has 3 atom stereocenters. The first-order valence-electron chi connectivity index (χ1n) is 12.0. The fourth-order valence-electron chi connectivity index (χ4n) is 3.81. The number of ether oxygens (including phenoxy) is 1. The van der Waals surface area contributed by atoms with Crippen LogP contribution in [0.4, 0.5) is 0 Å². The Morgan fingerprint density at radius 3 is 2.47 bits per heavy atom. The SMILES string of the molecule is CCN(Cc1ccncc1)C(=O)C(COC(=O)C(CC1=CN=CC1)NC(=O)C(C)N)c1ccccc1. The van der Waals surface area contributed by atoms with Gasteiger partial charge in [-0.2, -0.15) is 0 Å². The Bertz CT molecular complexity index is 1090. The van der Waals surface area contributed by atoms with Gasteiger partial charge in [-0.3, -0.25) is 19.6 Å². The van der Waals surface area contributed by atoms with E-state index < -0.39 is 29.9 Å². The Hall–Kier alpha value is -3.85. The fourth-order valence-corrected chi connectivity index (χ4v) is 3.81. The number of benzene rings is 1. The van der Waals surface area contributed by atoms with Gasteiger partial charge in [0.1, 0.15) is 12.6 Å². The number of nitrogens with one attached hydrogen (secondary N) is 1. The Kier molecular flexibility index (Phi) is 9.88. The van der Waals surface area contributed by atoms with Gasteiger partial charge in [0.25, 0.3) is 0 Å². The van der Waals surface area contributed by atoms with Crippen LogP contribution in [0, 0.1) is 0 Å². The van der Waals surface area contributed by atoms with Crippen LogP contribution in [0.15, 0.2) is 71.6 Å². The van der Waals surface area contributed by atoms with Gasteiger partial charge in [0, 0.05) is 50.7 Å². The van der Waals surface area contributed by atoms with Crippen molar-refractivity contribution in [1.29, 1.82) is 0 Å². The first-order chi connectivity index (χ1) is 17.4. The molecule has 0 fully saturated rings. The monoisotopic (exact) mass is 491 g/mol. The van der Waals surface area contributed by atoms with Crippen molar-refractivity contribution < 1.29 is 19.1 Å². The number of rotatable bonds is 12. The molecule has 2 amide bonds. The molecule has 0 spiro atoms. The van der Waals surface area contributed by atoms with Crippen LogP contribution in [0.2, 0.25) is 0 Å². The lowest BCUT2D eigenvalue weighted by molar-refractivity contribution is -0.150. The number of hydrogen-bond acceptors (Lipinski definition) is 7. The van der Waals surface area contributed by atoms with Gasteiger partial charge in [0.05, 0.1) is 12.0 Å². The highest BCUT2D eigenvalue weighted by atomic mass is 16.5. The molecule has 3 rings (SSSR count). The van der Waals surface area contributed by atoms with Crippen molar-refractivity contribution in [1.82, 2.24) is 15.2 Å². The van der Waals surface area contributed by atoms with Crippen molar-refractivity contribution >= 4 is 24.0 Å². The van der Waals surface area contributed by atoms with Crippen molar-refractivity contribution in [2.45, 2.75) is 51.2 Å². The molecular weight excluding hydrogens is 458 g/mol. The second-order valence-corrected chi connectivity index (χ2v) is 8.68. The van der Waals surface area contributed by atoms with Crippen LogP contribution in [0.25, 0.3) is 0 Å². The minimum Gasteiger partial charge on any atom is -0.463 e. The number of esters is 1. The second-order valence-electron chi connectivity index (χ2n) is 8.68. The van der Waals surface area contributed by atoms with E-state index in [2.05, 4.69) is 15.3 Å². The average molecular weight is 492 g/mol. The van der Waals surface area contributed by atoms with Gasteiger partial charge >= 0.3 is 5.97 Å². The quantitative estimate of drug-likeness (QED) is 0.439. The summed E-state index contributed by atoms with van der Waals surface area (Å²) in [7, 11) is 0. The third-order valence-corrected chi connectivity index (χ3v) is 5.91. The summed E-state index contributed by atoms with van der Waals surface area (Å²) in [4.78, 5) is 48.8. The molecule has 0 radical (unpaired) electrons. The molecule has 190 valence electrons. The molecule has 1 aromatic heterocycles. The summed E-state index contributed by atoms with van der Waals surface area (Å²) in [5.41, 5.74) is 8.28. The van der Waals surface area contributed by atoms with E-state index in [-0.39, 0.29) is 18.9 Å². The number of carbonyl (C=O) groups excluding carboxylic acids is 3. The summed E-state index contributed by atoms with van der Waals surface area (Å²) in [5, 5.41) is 2.67. The highest BCUT2D eigenvalue weighted by Gasteiger charge is 2.30. The molecule has 2 aromatic rings. The Balaban J connectivity index is 1.75. The van der Waals surface area contributed by atoms with Gasteiger partial charge in [0.2, 0.25) is 11.8 Å². The first-order valence-corrected chi connectivity index (χ1v) is 12.0. The van der Waals surface area contributed by atoms with E-state index in [0.29, 0.717) is 19.5 Å². The van der Waals surface area contributed by atoms with E-state index in [1.807, 2.05) is 49.4 Å². The van der Waals surface area contributed by atoms with Gasteiger partial charge in [-0.25, -0.2) is 4.79 Å². The summed E-state index contributed by atoms with van der Waals surface area (Å²) in [6.45, 7) is 4.19. The van der Waals surface area contributed by atoms with Crippen LogP contribution in [0.3, 0.4) is 0 Å². The van der Waals surface area contributed by atoms with Crippen molar-refractivity contribution in [2.75, 3.05) is 13.2 Å². The summed E-state index contributed by atoms with van der Waals surface area (Å²) in [6, 6.07) is 11.2. The Morgan fingerprint density at radius 2 is 1.86 bits per heavy atom. The second kappa shape index (κ2) is 13.3. The number of aromatic nitrogens is 1. The van der Waals surface area contributed by atoms with Crippen LogP contribution in [0.1, 0.15) is 43.7 Å². The van der Waals surface area contributed by atoms with E-state index in [1.54, 1.807) is 36.6 Å². The van der Waals surface area contributed by atoms with Gasteiger partial charge in [-0.1, -0.05) is 30.3 Å². The molecule has 3 unspecified atom stereocenters. The number of amides is 2. The molecule has 0 bridgehead atoms. The molecular formula is C27H33N5O4. The predicted octanol–water partition coefficient (Wildman–Crippen LogP) is 2.34. The number of pyridine rings is 1. The molecule has 0 saturated carbocycles. The zero-order valence-corrected chi connectivity index (χ0v) is 20.7. The van der Waals surface area contributed by atoms with E-state index in [9.17, 15) is 14.4 Å². The first kappa shape index (κ1) is 26.7. The largest absolute Gasteiger partial charge is 0.463 e. The zero-order chi connectivity index (χ0) is 25.9. The molecule has 3 N–H and O–H groups in total. The van der Waals surface area contributed by atoms with E-state index >= 15 is 0 Å². The lowest BCUT2D eigenvalue weighted by Gasteiger charge is -2.27. The van der Waals surface area contributed by atoms with E-state index in [1.165, 1.54) is 0 Å². The number of nitrogens with two attached hydrogens (primary N) is 1. The predicted molar refractivity (Wildman–Crippen MR) is 137 cm³/mol. The highest BCUT2D eigenvalue weighted by molar-refractivity contribution is 5.88. The van der Waals surface area contributed by atoms with Gasteiger partial charge < -0.3 is 20.7 Å². The number of hydrogen-bond donors (Lipinski definition) is 2. The standard InChI is InChI=1S/C27H33N5O4/c1-3-32(17-20-9-12-29-13-10-20)26(34)23(22-7-5-4-6-8-22)18-36-27(35)24(31-25(33)19(2)28)15-21-11-14-30-16-21/h4-10,12-14,16,19,23-24H,3,11,15,17-18,28H2,1-2H3,(H,31,33). The summed E-state index contributed by atoms with van der Waals surface area (Å²) < 4.78 is 5.66. The van der Waals surface area contributed by atoms with Crippen LogP contribution < -0.4 is 11.1 Å². The number of carbonyl (C=O) groups is 3. The zero-order valence-electron chi connectivity index (χ0n) is 20.7. The van der Waals surface area contributed by atoms with Gasteiger partial charge in [-0.05, 0) is 42.7 Å². The summed E-state index contributed by atoms with van der Waals surface area (Å²) >= 11 is 0. The summed E-state index contributed by atoms with van der Waals surface area (Å²) in [5.74, 6) is -1.93. The van der Waals surface area contributed by atoms with Crippen molar-refractivity contribution in [2.24, 2.45) is 10.7 Å². The average Bonchev–Trinajstić information content (AvgIpc) is 3.41. The maximum Gasteiger partial charge on any atom is 0.329 e. The summed E-state index contributed by atoms with van der Waals surface area (Å²) in [6.07, 6.45) is 7.63. The maximum atomic E-state index is 13.6. The third kappa shape index (κ3) is 7.58. The fraction of sp³-hybridized carbons (Fsp3) is 0.370. The number of nitrogens with zero attached hydrogens (tertiary/aromatic N) is 3. The maximum absolute atomic E-state index is 13.6. The van der Waals surface area contributed by atoms with Gasteiger partial charge in [-0.15, -0.1) is 0 Å². The van der Waals surface area contributed by atoms with Crippen LogP contribution >= 0.6 is 0 Å². The number of likely N-dealkylation sites (N-methyl/N-ethyl adjacent to an activating group) is 1. The lowest BCUT2D eigenvalue weighted by Crippen LogP contribution is -2.48. The molecule has 9 nitrogen and oxygen atoms in total. The lowest BCUT2D eigenvalue weighted by atomic mass is 9.98. The van der Waals surface area contributed by atoms with Crippen LogP contribution in [-0.4, -0.2) is 59.1 Å². The molecule has 36 heavy (non-hydrogen) atoms. The normalized spacial score (nSPS) is 14.9. The Morgan fingerprint density at radius 1 is 1.14 bits per heavy atom. The van der Waals surface area contributed by atoms with Crippen molar-refractivity contribution in [3.63, 3.8) is 0 Å². The molecule has 2 heterocycles. The Labute approximate surface area is 211 Å². The third-order valence-electron chi connectivity index (χ3n) is 5.91. The highest BCUT2D eigenvalue weighted by Crippen LogP contribution is 2.22. The molecule has 0 aliphatic carbocycles. The van der Waals surface area contributed by atoms with Gasteiger partial charge in [0.15, 0.2) is 0 Å². The van der Waals surface area contributed by atoms with Crippen molar-refractivity contribution in [3.05, 3.63) is 77.8 Å². The molecule has 1 aliphatic rings. The minimum atomic E-state index is -0.929. The van der Waals surface area contributed by atoms with E-state index in [0.717, 1.165) is 16.7 Å². The van der Waals surface area contributed by atoms with E-state index in [4.69, 9.17) is 10.5 Å². The molecule has 9 heteroatoms. The van der Waals surface area contributed by atoms with Crippen molar-refractivity contribution in [3.8, 4) is 0 Å². The topological polar surface area (TPSA) is 127 Å². The number of aliphatic imine (C=N–C) groups is 1. The van der Waals surface area contributed by atoms with Crippen LogP contribution in [0.5, 0.6) is 0 Å². The molecule has 1 aliphatic heterocycles.